The maximum atomic E-state index is 13.1. The number of aliphatic imine (C=N–C) groups is 1. The minimum absolute atomic E-state index is 0.0290. The maximum absolute atomic E-state index is 13.1. The van der Waals surface area contributed by atoms with Gasteiger partial charge in [0.15, 0.2) is 0 Å². The summed E-state index contributed by atoms with van der Waals surface area (Å²) in [7, 11) is 0. The molecule has 0 saturated carbocycles. The molecule has 0 radical (unpaired) electrons. The van der Waals surface area contributed by atoms with Crippen molar-refractivity contribution in [1.29, 1.82) is 0 Å². The normalized spacial score (nSPS) is 13.2. The highest BCUT2D eigenvalue weighted by atomic mass is 32.1. The number of carbonyl (C=O) groups excluding carboxylic acids is 1. The summed E-state index contributed by atoms with van der Waals surface area (Å²) < 4.78 is 5.65. The third kappa shape index (κ3) is 5.42. The molecule has 4 rings (SSSR count). The van der Waals surface area contributed by atoms with Crippen LogP contribution in [0.25, 0.3) is 0 Å². The number of hydrogen-bond acceptors (Lipinski definition) is 4. The second-order valence-corrected chi connectivity index (χ2v) is 8.82. The molecular formula is C26H28N2O2S. The van der Waals surface area contributed by atoms with Gasteiger partial charge in [-0.25, -0.2) is 4.99 Å². The highest BCUT2D eigenvalue weighted by molar-refractivity contribution is 7.16. The van der Waals surface area contributed by atoms with E-state index in [9.17, 15) is 4.79 Å². The molecule has 4 nitrogen and oxygen atoms in total. The van der Waals surface area contributed by atoms with Gasteiger partial charge in [-0.05, 0) is 73.1 Å². The Morgan fingerprint density at radius 3 is 2.65 bits per heavy atom. The minimum Gasteiger partial charge on any atom is -0.494 e. The molecule has 5 heteroatoms. The van der Waals surface area contributed by atoms with Gasteiger partial charge in [-0.2, -0.15) is 0 Å². The maximum Gasteiger partial charge on any atom is 0.254 e. The van der Waals surface area contributed by atoms with Gasteiger partial charge in [0.1, 0.15) is 10.8 Å². The first-order chi connectivity index (χ1) is 15.2. The highest BCUT2D eigenvalue weighted by Crippen LogP contribution is 2.39. The van der Waals surface area contributed by atoms with Crippen molar-refractivity contribution in [1.82, 2.24) is 5.32 Å². The summed E-state index contributed by atoms with van der Waals surface area (Å²) in [6.45, 7) is 3.33. The van der Waals surface area contributed by atoms with Crippen molar-refractivity contribution in [2.45, 2.75) is 45.6 Å². The Morgan fingerprint density at radius 2 is 1.87 bits per heavy atom. The first-order valence-electron chi connectivity index (χ1n) is 11.0. The van der Waals surface area contributed by atoms with Crippen LogP contribution in [0.15, 0.2) is 59.6 Å². The third-order valence-corrected chi connectivity index (χ3v) is 6.56. The van der Waals surface area contributed by atoms with Gasteiger partial charge in [0.2, 0.25) is 0 Å². The second-order valence-electron chi connectivity index (χ2n) is 7.74. The predicted octanol–water partition coefficient (Wildman–Crippen LogP) is 6.10. The van der Waals surface area contributed by atoms with Gasteiger partial charge in [0.05, 0.1) is 12.2 Å². The van der Waals surface area contributed by atoms with Gasteiger partial charge in [-0.1, -0.05) is 37.3 Å². The lowest BCUT2D eigenvalue weighted by Crippen LogP contribution is -2.24. The standard InChI is InChI=1S/C26H28N2O2S/c1-2-16-30-21-14-12-20(13-15-21)18-28-26-24(22-10-6-7-11-23(22)31-26)25(29)27-17-19-8-4-3-5-9-19/h3-5,8-9,12-15,18H,2,6-7,10-11,16-17H2,1H3,(H,27,29). The fraction of sp³-hybridized carbons (Fsp3) is 0.308. The Kier molecular flexibility index (Phi) is 7.15. The Bertz CT molecular complexity index is 1040. The number of ether oxygens (including phenoxy) is 1. The fourth-order valence-electron chi connectivity index (χ4n) is 3.75. The van der Waals surface area contributed by atoms with Crippen LogP contribution in [0.1, 0.15) is 58.1 Å². The van der Waals surface area contributed by atoms with E-state index in [1.807, 2.05) is 60.8 Å². The van der Waals surface area contributed by atoms with E-state index >= 15 is 0 Å². The van der Waals surface area contributed by atoms with Crippen LogP contribution >= 0.6 is 11.3 Å². The monoisotopic (exact) mass is 432 g/mol. The van der Waals surface area contributed by atoms with Crippen molar-refractivity contribution >= 4 is 28.5 Å². The number of hydrogen-bond donors (Lipinski definition) is 1. The van der Waals surface area contributed by atoms with Crippen molar-refractivity contribution < 1.29 is 9.53 Å². The summed E-state index contributed by atoms with van der Waals surface area (Å²) in [6, 6.07) is 17.9. The summed E-state index contributed by atoms with van der Waals surface area (Å²) in [5.41, 5.74) is 4.04. The number of carbonyl (C=O) groups is 1. The van der Waals surface area contributed by atoms with Crippen molar-refractivity contribution in [3.05, 3.63) is 81.7 Å². The zero-order valence-corrected chi connectivity index (χ0v) is 18.7. The molecule has 1 aromatic heterocycles. The van der Waals surface area contributed by atoms with E-state index < -0.39 is 0 Å². The van der Waals surface area contributed by atoms with E-state index in [-0.39, 0.29) is 5.91 Å². The molecule has 31 heavy (non-hydrogen) atoms. The second kappa shape index (κ2) is 10.4. The van der Waals surface area contributed by atoms with E-state index in [2.05, 4.69) is 12.2 Å². The molecule has 2 aromatic carbocycles. The molecule has 0 spiro atoms. The number of amides is 1. The summed E-state index contributed by atoms with van der Waals surface area (Å²) in [6.07, 6.45) is 7.14. The molecule has 160 valence electrons. The van der Waals surface area contributed by atoms with Gasteiger partial charge in [-0.15, -0.1) is 11.3 Å². The first kappa shape index (κ1) is 21.3. The number of rotatable bonds is 8. The number of thiophene rings is 1. The topological polar surface area (TPSA) is 50.7 Å². The highest BCUT2D eigenvalue weighted by Gasteiger charge is 2.25. The summed E-state index contributed by atoms with van der Waals surface area (Å²) in [5.74, 6) is 0.838. The lowest BCUT2D eigenvalue weighted by molar-refractivity contribution is 0.0951. The molecule has 1 heterocycles. The molecule has 0 aliphatic heterocycles. The van der Waals surface area contributed by atoms with Crippen LogP contribution in [0.2, 0.25) is 0 Å². The van der Waals surface area contributed by atoms with Gasteiger partial charge in [-0.3, -0.25) is 4.79 Å². The van der Waals surface area contributed by atoms with Crippen LogP contribution in [0, 0.1) is 0 Å². The van der Waals surface area contributed by atoms with Crippen LogP contribution in [-0.4, -0.2) is 18.7 Å². The van der Waals surface area contributed by atoms with Gasteiger partial charge < -0.3 is 10.1 Å². The van der Waals surface area contributed by atoms with Crippen molar-refractivity contribution in [2.24, 2.45) is 4.99 Å². The lowest BCUT2D eigenvalue weighted by atomic mass is 9.95. The number of fused-ring (bicyclic) bond motifs is 1. The Hall–Kier alpha value is -2.92. The summed E-state index contributed by atoms with van der Waals surface area (Å²) in [5, 5.41) is 3.90. The van der Waals surface area contributed by atoms with Crippen molar-refractivity contribution in [3.8, 4) is 5.75 Å². The van der Waals surface area contributed by atoms with E-state index in [1.54, 1.807) is 11.3 Å². The average molecular weight is 433 g/mol. The molecule has 1 aliphatic carbocycles. The zero-order chi connectivity index (χ0) is 21.5. The number of benzene rings is 2. The van der Waals surface area contributed by atoms with E-state index in [4.69, 9.17) is 9.73 Å². The fourth-order valence-corrected chi connectivity index (χ4v) is 4.98. The molecule has 1 amide bonds. The van der Waals surface area contributed by atoms with E-state index in [1.165, 1.54) is 16.9 Å². The predicted molar refractivity (Wildman–Crippen MR) is 128 cm³/mol. The molecule has 0 unspecified atom stereocenters. The molecular weight excluding hydrogens is 404 g/mol. The van der Waals surface area contributed by atoms with Gasteiger partial charge in [0, 0.05) is 17.6 Å². The van der Waals surface area contributed by atoms with Gasteiger partial charge >= 0.3 is 0 Å². The molecule has 1 N–H and O–H groups in total. The SMILES string of the molecule is CCCOc1ccc(C=Nc2sc3c(c2C(=O)NCc2ccccc2)CCCC3)cc1. The molecule has 0 atom stereocenters. The molecule has 0 fully saturated rings. The molecule has 3 aromatic rings. The van der Waals surface area contributed by atoms with Crippen LogP contribution in [0.5, 0.6) is 5.75 Å². The van der Waals surface area contributed by atoms with E-state index in [0.717, 1.165) is 59.7 Å². The molecule has 0 saturated heterocycles. The summed E-state index contributed by atoms with van der Waals surface area (Å²) >= 11 is 1.66. The third-order valence-electron chi connectivity index (χ3n) is 5.36. The zero-order valence-electron chi connectivity index (χ0n) is 17.9. The van der Waals surface area contributed by atoms with Crippen LogP contribution in [0.4, 0.5) is 5.00 Å². The van der Waals surface area contributed by atoms with Crippen LogP contribution in [0.3, 0.4) is 0 Å². The Balaban J connectivity index is 1.53. The van der Waals surface area contributed by atoms with Crippen LogP contribution < -0.4 is 10.1 Å². The van der Waals surface area contributed by atoms with Gasteiger partial charge in [0.25, 0.3) is 5.91 Å². The first-order valence-corrected chi connectivity index (χ1v) is 11.8. The molecule has 1 aliphatic rings. The van der Waals surface area contributed by atoms with Crippen molar-refractivity contribution in [2.75, 3.05) is 6.61 Å². The average Bonchev–Trinajstić information content (AvgIpc) is 3.19. The number of nitrogens with one attached hydrogen (secondary N) is 1. The summed E-state index contributed by atoms with van der Waals surface area (Å²) in [4.78, 5) is 19.2. The Labute approximate surface area is 188 Å². The number of nitrogens with zero attached hydrogens (tertiary/aromatic N) is 1. The minimum atomic E-state index is -0.0290. The smallest absolute Gasteiger partial charge is 0.254 e. The molecule has 0 bridgehead atoms. The lowest BCUT2D eigenvalue weighted by Gasteiger charge is -2.12. The largest absolute Gasteiger partial charge is 0.494 e. The van der Waals surface area contributed by atoms with Crippen LogP contribution in [-0.2, 0) is 19.4 Å². The Morgan fingerprint density at radius 1 is 1.10 bits per heavy atom. The van der Waals surface area contributed by atoms with E-state index in [0.29, 0.717) is 6.54 Å². The van der Waals surface area contributed by atoms with Crippen molar-refractivity contribution in [3.63, 3.8) is 0 Å². The quantitative estimate of drug-likeness (QED) is 0.438. The number of aryl methyl sites for hydroxylation is 1.